The van der Waals surface area contributed by atoms with E-state index in [0.29, 0.717) is 5.89 Å². The van der Waals surface area contributed by atoms with Gasteiger partial charge in [0.15, 0.2) is 0 Å². The molecule has 0 unspecified atom stereocenters. The molecule has 5 nitrogen and oxygen atoms in total. The second-order valence-electron chi connectivity index (χ2n) is 6.17. The maximum absolute atomic E-state index is 11.2. The van der Waals surface area contributed by atoms with Crippen molar-refractivity contribution in [1.82, 2.24) is 15.2 Å². The summed E-state index contributed by atoms with van der Waals surface area (Å²) in [6.45, 7) is 6.12. The van der Waals surface area contributed by atoms with Crippen LogP contribution in [-0.4, -0.2) is 41.2 Å². The molecule has 1 fully saturated rings. The van der Waals surface area contributed by atoms with Gasteiger partial charge < -0.3 is 9.73 Å². The molecular formula is C18H23N3O2S. The molecule has 6 heteroatoms. The zero-order valence-electron chi connectivity index (χ0n) is 14.3. The van der Waals surface area contributed by atoms with Crippen LogP contribution < -0.4 is 5.32 Å². The van der Waals surface area contributed by atoms with Crippen LogP contribution in [0.2, 0.25) is 0 Å². The zero-order chi connectivity index (χ0) is 17.1. The third-order valence-corrected chi connectivity index (χ3v) is 5.03. The Bertz CT molecular complexity index is 712. The van der Waals surface area contributed by atoms with Crippen molar-refractivity contribution in [2.45, 2.75) is 37.8 Å². The first kappa shape index (κ1) is 17.0. The van der Waals surface area contributed by atoms with Gasteiger partial charge in [0.25, 0.3) is 0 Å². The molecule has 2 heterocycles. The minimum absolute atomic E-state index is 0.0374. The van der Waals surface area contributed by atoms with Crippen LogP contribution in [0.5, 0.6) is 0 Å². The summed E-state index contributed by atoms with van der Waals surface area (Å²) in [4.78, 5) is 19.4. The van der Waals surface area contributed by atoms with E-state index in [0.717, 1.165) is 43.1 Å². The summed E-state index contributed by atoms with van der Waals surface area (Å²) in [5.74, 6) is 1.57. The van der Waals surface area contributed by atoms with Gasteiger partial charge in [-0.05, 0) is 43.9 Å². The highest BCUT2D eigenvalue weighted by Gasteiger charge is 2.24. The average Bonchev–Trinajstić information content (AvgIpc) is 3.14. The standard InChI is InChI=1S/C18H23N3O2S/c1-12-17(11-21-9-8-15(10-21)19-13(2)22)20-18(23-12)14-4-6-16(24-3)7-5-14/h4-7,15H,8-11H2,1-3H3,(H,19,22)/t15-/m1/s1. The van der Waals surface area contributed by atoms with E-state index in [1.54, 1.807) is 18.7 Å². The van der Waals surface area contributed by atoms with E-state index in [9.17, 15) is 4.79 Å². The molecule has 1 atom stereocenters. The average molecular weight is 345 g/mol. The first-order chi connectivity index (χ1) is 11.5. The van der Waals surface area contributed by atoms with E-state index in [-0.39, 0.29) is 11.9 Å². The SMILES string of the molecule is CSc1ccc(-c2nc(CN3CC[C@@H](NC(C)=O)C3)c(C)o2)cc1. The lowest BCUT2D eigenvalue weighted by molar-refractivity contribution is -0.119. The normalized spacial score (nSPS) is 18.0. The fourth-order valence-electron chi connectivity index (χ4n) is 3.03. The number of aromatic nitrogens is 1. The summed E-state index contributed by atoms with van der Waals surface area (Å²) < 4.78 is 5.86. The summed E-state index contributed by atoms with van der Waals surface area (Å²) in [6, 6.07) is 8.50. The van der Waals surface area contributed by atoms with Crippen LogP contribution in [0.15, 0.2) is 33.6 Å². The smallest absolute Gasteiger partial charge is 0.226 e. The monoisotopic (exact) mass is 345 g/mol. The van der Waals surface area contributed by atoms with E-state index in [1.165, 1.54) is 4.90 Å². The maximum Gasteiger partial charge on any atom is 0.226 e. The van der Waals surface area contributed by atoms with Gasteiger partial charge in [0.1, 0.15) is 5.76 Å². The molecule has 24 heavy (non-hydrogen) atoms. The molecule has 0 saturated carbocycles. The van der Waals surface area contributed by atoms with Crippen LogP contribution >= 0.6 is 11.8 Å². The van der Waals surface area contributed by atoms with E-state index >= 15 is 0 Å². The van der Waals surface area contributed by atoms with Crippen LogP contribution in [0, 0.1) is 6.92 Å². The molecule has 1 saturated heterocycles. The molecule has 1 aromatic carbocycles. The zero-order valence-corrected chi connectivity index (χ0v) is 15.2. The molecule has 0 bridgehead atoms. The molecular weight excluding hydrogens is 322 g/mol. The number of nitrogens with one attached hydrogen (secondary N) is 1. The number of hydrogen-bond donors (Lipinski definition) is 1. The molecule has 1 amide bonds. The van der Waals surface area contributed by atoms with E-state index in [1.807, 2.05) is 19.1 Å². The Hall–Kier alpha value is -1.79. The summed E-state index contributed by atoms with van der Waals surface area (Å²) in [5, 5.41) is 2.99. The first-order valence-electron chi connectivity index (χ1n) is 8.15. The molecule has 2 aromatic rings. The van der Waals surface area contributed by atoms with Crippen molar-refractivity contribution in [2.24, 2.45) is 0 Å². The number of carbonyl (C=O) groups excluding carboxylic acids is 1. The highest BCUT2D eigenvalue weighted by atomic mass is 32.2. The van der Waals surface area contributed by atoms with Gasteiger partial charge in [-0.1, -0.05) is 0 Å². The molecule has 1 aliphatic rings. The lowest BCUT2D eigenvalue weighted by Gasteiger charge is -2.15. The molecule has 1 aromatic heterocycles. The Balaban J connectivity index is 1.67. The number of carbonyl (C=O) groups is 1. The molecule has 0 radical (unpaired) electrons. The summed E-state index contributed by atoms with van der Waals surface area (Å²) in [7, 11) is 0. The lowest BCUT2D eigenvalue weighted by atomic mass is 10.2. The van der Waals surface area contributed by atoms with Crippen LogP contribution in [0.25, 0.3) is 11.5 Å². The first-order valence-corrected chi connectivity index (χ1v) is 9.38. The van der Waals surface area contributed by atoms with Gasteiger partial charge in [-0.15, -0.1) is 11.8 Å². The number of likely N-dealkylation sites (tertiary alicyclic amines) is 1. The van der Waals surface area contributed by atoms with Crippen LogP contribution in [0.1, 0.15) is 24.8 Å². The number of oxazole rings is 1. The van der Waals surface area contributed by atoms with Crippen LogP contribution in [0.3, 0.4) is 0 Å². The third kappa shape index (κ3) is 3.99. The van der Waals surface area contributed by atoms with Gasteiger partial charge in [0, 0.05) is 43.1 Å². The van der Waals surface area contributed by atoms with Crippen molar-refractivity contribution in [3.8, 4) is 11.5 Å². The highest BCUT2D eigenvalue weighted by Crippen LogP contribution is 2.25. The number of benzene rings is 1. The van der Waals surface area contributed by atoms with Crippen molar-refractivity contribution < 1.29 is 9.21 Å². The Morgan fingerprint density at radius 2 is 2.17 bits per heavy atom. The van der Waals surface area contributed by atoms with E-state index in [2.05, 4.69) is 33.6 Å². The largest absolute Gasteiger partial charge is 0.441 e. The van der Waals surface area contributed by atoms with Gasteiger partial charge in [0.05, 0.1) is 5.69 Å². The summed E-state index contributed by atoms with van der Waals surface area (Å²) in [6.07, 6.45) is 3.05. The Kier molecular flexibility index (Phi) is 5.26. The maximum atomic E-state index is 11.2. The predicted octanol–water partition coefficient (Wildman–Crippen LogP) is 3.08. The second-order valence-corrected chi connectivity index (χ2v) is 7.05. The highest BCUT2D eigenvalue weighted by molar-refractivity contribution is 7.98. The Morgan fingerprint density at radius 1 is 1.42 bits per heavy atom. The van der Waals surface area contributed by atoms with Crippen molar-refractivity contribution in [3.05, 3.63) is 35.7 Å². The summed E-state index contributed by atoms with van der Waals surface area (Å²) >= 11 is 1.72. The number of aryl methyl sites for hydroxylation is 1. The van der Waals surface area contributed by atoms with Gasteiger partial charge in [-0.3, -0.25) is 9.69 Å². The minimum Gasteiger partial charge on any atom is -0.441 e. The topological polar surface area (TPSA) is 58.4 Å². The van der Waals surface area contributed by atoms with Crippen molar-refractivity contribution >= 4 is 17.7 Å². The van der Waals surface area contributed by atoms with Crippen molar-refractivity contribution in [1.29, 1.82) is 0 Å². The van der Waals surface area contributed by atoms with E-state index in [4.69, 9.17) is 4.42 Å². The van der Waals surface area contributed by atoms with Gasteiger partial charge in [-0.25, -0.2) is 4.98 Å². The molecule has 1 aliphatic heterocycles. The number of rotatable bonds is 5. The third-order valence-electron chi connectivity index (χ3n) is 4.28. The number of amides is 1. The number of nitrogens with zero attached hydrogens (tertiary/aromatic N) is 2. The Morgan fingerprint density at radius 3 is 2.83 bits per heavy atom. The van der Waals surface area contributed by atoms with Crippen molar-refractivity contribution in [3.63, 3.8) is 0 Å². The molecule has 128 valence electrons. The molecule has 1 N–H and O–H groups in total. The predicted molar refractivity (Wildman–Crippen MR) is 96.0 cm³/mol. The van der Waals surface area contributed by atoms with Gasteiger partial charge in [-0.2, -0.15) is 0 Å². The van der Waals surface area contributed by atoms with Crippen LogP contribution in [-0.2, 0) is 11.3 Å². The second kappa shape index (κ2) is 7.40. The molecule has 0 spiro atoms. The van der Waals surface area contributed by atoms with Crippen LogP contribution in [0.4, 0.5) is 0 Å². The Labute approximate surface area is 146 Å². The van der Waals surface area contributed by atoms with E-state index < -0.39 is 0 Å². The van der Waals surface area contributed by atoms with Crippen molar-refractivity contribution in [2.75, 3.05) is 19.3 Å². The molecule has 3 rings (SSSR count). The fraction of sp³-hybridized carbons (Fsp3) is 0.444. The minimum atomic E-state index is 0.0374. The van der Waals surface area contributed by atoms with Gasteiger partial charge in [0.2, 0.25) is 11.8 Å². The lowest BCUT2D eigenvalue weighted by Crippen LogP contribution is -2.35. The molecule has 0 aliphatic carbocycles. The van der Waals surface area contributed by atoms with Gasteiger partial charge >= 0.3 is 0 Å². The number of thioether (sulfide) groups is 1. The summed E-state index contributed by atoms with van der Waals surface area (Å²) in [5.41, 5.74) is 1.97. The fourth-order valence-corrected chi connectivity index (χ4v) is 3.43. The quantitative estimate of drug-likeness (QED) is 0.844. The number of hydrogen-bond acceptors (Lipinski definition) is 5.